The van der Waals surface area contributed by atoms with E-state index in [0.717, 1.165) is 36.0 Å². The van der Waals surface area contributed by atoms with Crippen LogP contribution in [0.15, 0.2) is 84.9 Å². The molecule has 0 aliphatic heterocycles. The van der Waals surface area contributed by atoms with Crippen LogP contribution in [-0.2, 0) is 16.1 Å². The Bertz CT molecular complexity index is 1040. The zero-order chi connectivity index (χ0) is 23.8. The molecule has 1 saturated carbocycles. The number of hydrogen-bond acceptors (Lipinski definition) is 2. The molecule has 5 heteroatoms. The number of rotatable bonds is 8. The highest BCUT2D eigenvalue weighted by Crippen LogP contribution is 2.31. The maximum Gasteiger partial charge on any atom is 0.246 e. The molecule has 0 saturated heterocycles. The molecule has 0 bridgehead atoms. The predicted octanol–water partition coefficient (Wildman–Crippen LogP) is 5.48. The second kappa shape index (κ2) is 11.1. The van der Waals surface area contributed by atoms with Crippen molar-refractivity contribution in [2.75, 3.05) is 0 Å². The maximum atomic E-state index is 13.4. The minimum atomic E-state index is -0.909. The summed E-state index contributed by atoms with van der Waals surface area (Å²) in [6.07, 6.45) is 4.35. The summed E-state index contributed by atoms with van der Waals surface area (Å²) in [5.41, 5.74) is 2.05. The van der Waals surface area contributed by atoms with Gasteiger partial charge >= 0.3 is 0 Å². The van der Waals surface area contributed by atoms with E-state index in [4.69, 9.17) is 0 Å². The number of halogens is 1. The van der Waals surface area contributed by atoms with E-state index in [1.807, 2.05) is 60.7 Å². The van der Waals surface area contributed by atoms with Crippen LogP contribution in [-0.4, -0.2) is 17.4 Å². The van der Waals surface area contributed by atoms with Gasteiger partial charge in [0.25, 0.3) is 0 Å². The van der Waals surface area contributed by atoms with Crippen molar-refractivity contribution < 1.29 is 14.0 Å². The van der Waals surface area contributed by atoms with Crippen LogP contribution in [0.2, 0.25) is 0 Å². The summed E-state index contributed by atoms with van der Waals surface area (Å²) in [7, 11) is 0. The first kappa shape index (κ1) is 23.7. The fourth-order valence-corrected chi connectivity index (χ4v) is 4.82. The average molecular weight is 459 g/mol. The lowest BCUT2D eigenvalue weighted by Crippen LogP contribution is -2.59. The van der Waals surface area contributed by atoms with Crippen LogP contribution in [0.25, 0.3) is 0 Å². The monoisotopic (exact) mass is 458 g/mol. The van der Waals surface area contributed by atoms with Gasteiger partial charge in [-0.15, -0.1) is 0 Å². The van der Waals surface area contributed by atoms with Crippen LogP contribution >= 0.6 is 0 Å². The molecule has 0 unspecified atom stereocenters. The van der Waals surface area contributed by atoms with Gasteiger partial charge in [-0.3, -0.25) is 9.59 Å². The van der Waals surface area contributed by atoms with Crippen molar-refractivity contribution in [3.05, 3.63) is 107 Å². The summed E-state index contributed by atoms with van der Waals surface area (Å²) < 4.78 is 13.2. The van der Waals surface area contributed by atoms with Gasteiger partial charge in [0.1, 0.15) is 11.4 Å². The lowest BCUT2D eigenvalue weighted by atomic mass is 9.80. The number of nitrogens with one attached hydrogen (secondary N) is 2. The fourth-order valence-electron chi connectivity index (χ4n) is 4.82. The highest BCUT2D eigenvalue weighted by Gasteiger charge is 2.41. The second-order valence-electron chi connectivity index (χ2n) is 9.08. The van der Waals surface area contributed by atoms with Crippen LogP contribution in [0.3, 0.4) is 0 Å². The van der Waals surface area contributed by atoms with E-state index in [2.05, 4.69) is 10.6 Å². The Morgan fingerprint density at radius 2 is 1.35 bits per heavy atom. The molecule has 0 heterocycles. The van der Waals surface area contributed by atoms with E-state index in [9.17, 15) is 14.0 Å². The van der Waals surface area contributed by atoms with E-state index < -0.39 is 5.54 Å². The molecule has 4 nitrogen and oxygen atoms in total. The molecule has 3 aromatic rings. The SMILES string of the molecule is O=C(CC(c1ccccc1)c1ccccc1)NC1(C(=O)NCc2ccc(F)cc2)CCCCC1. The smallest absolute Gasteiger partial charge is 0.246 e. The lowest BCUT2D eigenvalue weighted by molar-refractivity contribution is -0.135. The molecule has 4 rings (SSSR count). The first-order chi connectivity index (χ1) is 16.6. The molecular weight excluding hydrogens is 427 g/mol. The molecule has 1 fully saturated rings. The zero-order valence-electron chi connectivity index (χ0n) is 19.3. The van der Waals surface area contributed by atoms with Crippen LogP contribution in [0.1, 0.15) is 61.1 Å². The molecule has 0 radical (unpaired) electrons. The van der Waals surface area contributed by atoms with Gasteiger partial charge < -0.3 is 10.6 Å². The third-order valence-electron chi connectivity index (χ3n) is 6.68. The van der Waals surface area contributed by atoms with Gasteiger partial charge in [-0.1, -0.05) is 92.1 Å². The largest absolute Gasteiger partial charge is 0.350 e. The minimum Gasteiger partial charge on any atom is -0.350 e. The number of carbonyl (C=O) groups excluding carboxylic acids is 2. The molecule has 2 amide bonds. The van der Waals surface area contributed by atoms with Crippen molar-refractivity contribution in [1.29, 1.82) is 0 Å². The Kier molecular flexibility index (Phi) is 7.73. The molecule has 0 spiro atoms. The standard InChI is InChI=1S/C29H31FN2O2/c30-25-16-14-22(15-17-25)21-31-28(34)29(18-8-3-9-19-29)32-27(33)20-26(23-10-4-1-5-11-23)24-12-6-2-7-13-24/h1-2,4-7,10-17,26H,3,8-9,18-21H2,(H,31,34)(H,32,33). The number of carbonyl (C=O) groups is 2. The van der Waals surface area contributed by atoms with Gasteiger partial charge in [-0.2, -0.15) is 0 Å². The Hall–Kier alpha value is -3.47. The molecule has 2 N–H and O–H groups in total. The van der Waals surface area contributed by atoms with E-state index in [1.165, 1.54) is 12.1 Å². The Morgan fingerprint density at radius 3 is 1.91 bits per heavy atom. The minimum absolute atomic E-state index is 0.0923. The maximum absolute atomic E-state index is 13.4. The summed E-state index contributed by atoms with van der Waals surface area (Å²) in [6, 6.07) is 26.1. The molecular formula is C29H31FN2O2. The topological polar surface area (TPSA) is 58.2 Å². The zero-order valence-corrected chi connectivity index (χ0v) is 19.3. The van der Waals surface area contributed by atoms with E-state index >= 15 is 0 Å². The number of amides is 2. The van der Waals surface area contributed by atoms with Crippen LogP contribution < -0.4 is 10.6 Å². The van der Waals surface area contributed by atoms with Gasteiger partial charge in [-0.25, -0.2) is 4.39 Å². The Morgan fingerprint density at radius 1 is 0.794 bits per heavy atom. The molecule has 0 atom stereocenters. The molecule has 1 aliphatic rings. The normalized spacial score (nSPS) is 15.0. The summed E-state index contributed by atoms with van der Waals surface area (Å²) in [5.74, 6) is -0.694. The summed E-state index contributed by atoms with van der Waals surface area (Å²) in [4.78, 5) is 26.7. The van der Waals surface area contributed by atoms with Crippen molar-refractivity contribution in [2.24, 2.45) is 0 Å². The second-order valence-corrected chi connectivity index (χ2v) is 9.08. The third-order valence-corrected chi connectivity index (χ3v) is 6.68. The molecule has 0 aromatic heterocycles. The van der Waals surface area contributed by atoms with Crippen LogP contribution in [0.5, 0.6) is 0 Å². The fraction of sp³-hybridized carbons (Fsp3) is 0.310. The van der Waals surface area contributed by atoms with Crippen molar-refractivity contribution in [3.63, 3.8) is 0 Å². The van der Waals surface area contributed by atoms with Gasteiger partial charge in [0.2, 0.25) is 11.8 Å². The van der Waals surface area contributed by atoms with Crippen molar-refractivity contribution in [3.8, 4) is 0 Å². The average Bonchev–Trinajstić information content (AvgIpc) is 2.88. The van der Waals surface area contributed by atoms with Gasteiger partial charge in [0, 0.05) is 18.9 Å². The summed E-state index contributed by atoms with van der Waals surface area (Å²) in [5, 5.41) is 6.11. The predicted molar refractivity (Wildman–Crippen MR) is 132 cm³/mol. The summed E-state index contributed by atoms with van der Waals surface area (Å²) >= 11 is 0. The number of hydrogen-bond donors (Lipinski definition) is 2. The summed E-state index contributed by atoms with van der Waals surface area (Å²) in [6.45, 7) is 0.299. The highest BCUT2D eigenvalue weighted by atomic mass is 19.1. The highest BCUT2D eigenvalue weighted by molar-refractivity contribution is 5.92. The van der Waals surface area contributed by atoms with Crippen molar-refractivity contribution >= 4 is 11.8 Å². The molecule has 176 valence electrons. The Labute approximate surface area is 200 Å². The van der Waals surface area contributed by atoms with Crippen molar-refractivity contribution in [2.45, 2.75) is 56.5 Å². The first-order valence-corrected chi connectivity index (χ1v) is 12.0. The molecule has 34 heavy (non-hydrogen) atoms. The van der Waals surface area contributed by atoms with E-state index in [1.54, 1.807) is 12.1 Å². The lowest BCUT2D eigenvalue weighted by Gasteiger charge is -2.37. The van der Waals surface area contributed by atoms with E-state index in [-0.39, 0.29) is 30.0 Å². The van der Waals surface area contributed by atoms with Crippen LogP contribution in [0.4, 0.5) is 4.39 Å². The third kappa shape index (κ3) is 5.90. The van der Waals surface area contributed by atoms with Gasteiger partial charge in [0.05, 0.1) is 0 Å². The molecule has 3 aromatic carbocycles. The van der Waals surface area contributed by atoms with Crippen LogP contribution in [0, 0.1) is 5.82 Å². The number of benzene rings is 3. The first-order valence-electron chi connectivity index (χ1n) is 12.0. The molecule has 1 aliphatic carbocycles. The van der Waals surface area contributed by atoms with Crippen molar-refractivity contribution in [1.82, 2.24) is 10.6 Å². The van der Waals surface area contributed by atoms with Gasteiger partial charge in [-0.05, 0) is 41.7 Å². The van der Waals surface area contributed by atoms with Gasteiger partial charge in [0.15, 0.2) is 0 Å². The Balaban J connectivity index is 1.48. The quantitative estimate of drug-likeness (QED) is 0.469. The van der Waals surface area contributed by atoms with E-state index in [0.29, 0.717) is 19.4 Å².